The van der Waals surface area contributed by atoms with Gasteiger partial charge in [-0.25, -0.2) is 0 Å². The van der Waals surface area contributed by atoms with E-state index in [9.17, 15) is 0 Å². The number of nitrogens with two attached hydrogens (primary N) is 1. The number of benzene rings is 1. The SMILES string of the molecule is Cl.Nc1c2c(nc3ccc(Br)cc13)CCC2. The number of anilines is 1. The Morgan fingerprint density at radius 3 is 2.88 bits per heavy atom. The van der Waals surface area contributed by atoms with Crippen molar-refractivity contribution in [2.45, 2.75) is 19.3 Å². The van der Waals surface area contributed by atoms with E-state index in [0.29, 0.717) is 0 Å². The molecule has 1 aromatic carbocycles. The van der Waals surface area contributed by atoms with Crippen LogP contribution in [0.25, 0.3) is 10.9 Å². The second-order valence-corrected chi connectivity index (χ2v) is 4.88. The lowest BCUT2D eigenvalue weighted by molar-refractivity contribution is 0.901. The average Bonchev–Trinajstić information content (AvgIpc) is 2.68. The third-order valence-corrected chi connectivity index (χ3v) is 3.51. The minimum atomic E-state index is 0. The Labute approximate surface area is 109 Å². The highest BCUT2D eigenvalue weighted by Gasteiger charge is 2.17. The summed E-state index contributed by atoms with van der Waals surface area (Å²) in [5.41, 5.74) is 10.6. The Bertz CT molecular complexity index is 554. The van der Waals surface area contributed by atoms with Gasteiger partial charge in [-0.15, -0.1) is 12.4 Å². The van der Waals surface area contributed by atoms with Gasteiger partial charge in [0.05, 0.1) is 5.52 Å². The second-order valence-electron chi connectivity index (χ2n) is 3.97. The molecule has 1 heterocycles. The van der Waals surface area contributed by atoms with Crippen LogP contribution in [0.5, 0.6) is 0 Å². The summed E-state index contributed by atoms with van der Waals surface area (Å²) in [6, 6.07) is 6.08. The third kappa shape index (κ3) is 1.68. The van der Waals surface area contributed by atoms with E-state index in [0.717, 1.165) is 33.9 Å². The van der Waals surface area contributed by atoms with Gasteiger partial charge >= 0.3 is 0 Å². The molecule has 3 rings (SSSR count). The zero-order chi connectivity index (χ0) is 10.4. The first-order valence-electron chi connectivity index (χ1n) is 5.12. The molecule has 0 bridgehead atoms. The van der Waals surface area contributed by atoms with Crippen molar-refractivity contribution < 1.29 is 0 Å². The molecular weight excluding hydrogens is 288 g/mol. The summed E-state index contributed by atoms with van der Waals surface area (Å²) in [6.45, 7) is 0. The molecular formula is C12H12BrClN2. The van der Waals surface area contributed by atoms with E-state index in [-0.39, 0.29) is 12.4 Å². The van der Waals surface area contributed by atoms with Crippen LogP contribution in [0.3, 0.4) is 0 Å². The Hall–Kier alpha value is -0.800. The first-order chi connectivity index (χ1) is 7.25. The Morgan fingerprint density at radius 2 is 2.06 bits per heavy atom. The van der Waals surface area contributed by atoms with Crippen LogP contribution in [0.1, 0.15) is 17.7 Å². The minimum absolute atomic E-state index is 0. The fraction of sp³-hybridized carbons (Fsp3) is 0.250. The third-order valence-electron chi connectivity index (χ3n) is 3.02. The van der Waals surface area contributed by atoms with Gasteiger partial charge in [-0.05, 0) is 43.0 Å². The maximum atomic E-state index is 6.18. The van der Waals surface area contributed by atoms with Gasteiger partial charge in [0, 0.05) is 21.2 Å². The molecule has 2 nitrogen and oxygen atoms in total. The lowest BCUT2D eigenvalue weighted by Gasteiger charge is -2.08. The van der Waals surface area contributed by atoms with Crippen molar-refractivity contribution in [1.29, 1.82) is 0 Å². The molecule has 0 fully saturated rings. The molecule has 0 atom stereocenters. The van der Waals surface area contributed by atoms with Gasteiger partial charge in [0.2, 0.25) is 0 Å². The van der Waals surface area contributed by atoms with E-state index in [1.165, 1.54) is 17.7 Å². The smallest absolute Gasteiger partial charge is 0.0727 e. The number of nitrogen functional groups attached to an aromatic ring is 1. The van der Waals surface area contributed by atoms with E-state index in [1.807, 2.05) is 12.1 Å². The molecule has 0 unspecified atom stereocenters. The molecule has 0 amide bonds. The molecule has 0 radical (unpaired) electrons. The first-order valence-corrected chi connectivity index (χ1v) is 5.91. The highest BCUT2D eigenvalue weighted by Crippen LogP contribution is 2.32. The van der Waals surface area contributed by atoms with Crippen LogP contribution < -0.4 is 5.73 Å². The standard InChI is InChI=1S/C12H11BrN2.ClH/c13-7-4-5-11-9(6-7)12(14)8-2-1-3-10(8)15-11;/h4-6H,1-3H2,(H2,14,15);1H. The number of aryl methyl sites for hydroxylation is 1. The van der Waals surface area contributed by atoms with E-state index in [4.69, 9.17) is 5.73 Å². The molecule has 2 N–H and O–H groups in total. The molecule has 4 heteroatoms. The molecule has 0 aliphatic heterocycles. The van der Waals surface area contributed by atoms with Gasteiger partial charge in [0.25, 0.3) is 0 Å². The number of nitrogens with zero attached hydrogens (tertiary/aromatic N) is 1. The van der Waals surface area contributed by atoms with Gasteiger partial charge < -0.3 is 5.73 Å². The van der Waals surface area contributed by atoms with Crippen molar-refractivity contribution >= 4 is 44.9 Å². The molecule has 1 aliphatic carbocycles. The monoisotopic (exact) mass is 298 g/mol. The van der Waals surface area contributed by atoms with Crippen LogP contribution >= 0.6 is 28.3 Å². The van der Waals surface area contributed by atoms with Crippen molar-refractivity contribution in [3.63, 3.8) is 0 Å². The molecule has 0 saturated carbocycles. The number of pyridine rings is 1. The zero-order valence-electron chi connectivity index (χ0n) is 8.66. The topological polar surface area (TPSA) is 38.9 Å². The number of hydrogen-bond acceptors (Lipinski definition) is 2. The van der Waals surface area contributed by atoms with Gasteiger partial charge in [0.15, 0.2) is 0 Å². The summed E-state index contributed by atoms with van der Waals surface area (Å²) in [6.07, 6.45) is 3.34. The molecule has 0 saturated heterocycles. The van der Waals surface area contributed by atoms with Gasteiger partial charge in [0.1, 0.15) is 0 Å². The van der Waals surface area contributed by atoms with Crippen molar-refractivity contribution in [2.75, 3.05) is 5.73 Å². The van der Waals surface area contributed by atoms with E-state index in [1.54, 1.807) is 0 Å². The normalized spacial score (nSPS) is 13.6. The lowest BCUT2D eigenvalue weighted by Crippen LogP contribution is -1.98. The van der Waals surface area contributed by atoms with E-state index >= 15 is 0 Å². The van der Waals surface area contributed by atoms with E-state index in [2.05, 4.69) is 27.0 Å². The summed E-state index contributed by atoms with van der Waals surface area (Å²) in [7, 11) is 0. The molecule has 2 aromatic rings. The highest BCUT2D eigenvalue weighted by atomic mass is 79.9. The quantitative estimate of drug-likeness (QED) is 0.809. The summed E-state index contributed by atoms with van der Waals surface area (Å²) >= 11 is 3.46. The van der Waals surface area contributed by atoms with Gasteiger partial charge in [-0.3, -0.25) is 4.98 Å². The van der Waals surface area contributed by atoms with E-state index < -0.39 is 0 Å². The molecule has 16 heavy (non-hydrogen) atoms. The minimum Gasteiger partial charge on any atom is -0.398 e. The molecule has 0 spiro atoms. The summed E-state index contributed by atoms with van der Waals surface area (Å²) in [5.74, 6) is 0. The Morgan fingerprint density at radius 1 is 1.25 bits per heavy atom. The fourth-order valence-electron chi connectivity index (χ4n) is 2.27. The van der Waals surface area contributed by atoms with Crippen molar-refractivity contribution in [1.82, 2.24) is 4.98 Å². The number of rotatable bonds is 0. The Kier molecular flexibility index (Phi) is 3.08. The highest BCUT2D eigenvalue weighted by molar-refractivity contribution is 9.10. The Balaban J connectivity index is 0.000000963. The predicted molar refractivity (Wildman–Crippen MR) is 73.1 cm³/mol. The first kappa shape index (κ1) is 11.7. The van der Waals surface area contributed by atoms with Crippen LogP contribution in [0, 0.1) is 0 Å². The van der Waals surface area contributed by atoms with Crippen molar-refractivity contribution in [3.8, 4) is 0 Å². The maximum Gasteiger partial charge on any atom is 0.0727 e. The van der Waals surface area contributed by atoms with Gasteiger partial charge in [-0.2, -0.15) is 0 Å². The predicted octanol–water partition coefficient (Wildman–Crippen LogP) is 3.49. The van der Waals surface area contributed by atoms with Crippen molar-refractivity contribution in [2.24, 2.45) is 0 Å². The molecule has 1 aromatic heterocycles. The number of hydrogen-bond donors (Lipinski definition) is 1. The number of aromatic nitrogens is 1. The largest absolute Gasteiger partial charge is 0.398 e. The average molecular weight is 300 g/mol. The fourth-order valence-corrected chi connectivity index (χ4v) is 2.63. The zero-order valence-corrected chi connectivity index (χ0v) is 11.1. The van der Waals surface area contributed by atoms with Crippen LogP contribution in [0.15, 0.2) is 22.7 Å². The molecule has 84 valence electrons. The summed E-state index contributed by atoms with van der Waals surface area (Å²) in [4.78, 5) is 4.66. The van der Waals surface area contributed by atoms with Crippen LogP contribution in [-0.4, -0.2) is 4.98 Å². The number of fused-ring (bicyclic) bond motifs is 2. The van der Waals surface area contributed by atoms with Crippen LogP contribution in [0.4, 0.5) is 5.69 Å². The lowest BCUT2D eigenvalue weighted by atomic mass is 10.1. The van der Waals surface area contributed by atoms with Crippen LogP contribution in [-0.2, 0) is 12.8 Å². The number of halogens is 2. The van der Waals surface area contributed by atoms with Gasteiger partial charge in [-0.1, -0.05) is 15.9 Å². The molecule has 1 aliphatic rings. The summed E-state index contributed by atoms with van der Waals surface area (Å²) < 4.78 is 1.06. The maximum absolute atomic E-state index is 6.18. The van der Waals surface area contributed by atoms with Crippen LogP contribution in [0.2, 0.25) is 0 Å². The van der Waals surface area contributed by atoms with Crippen molar-refractivity contribution in [3.05, 3.63) is 33.9 Å². The second kappa shape index (κ2) is 4.22. The summed E-state index contributed by atoms with van der Waals surface area (Å²) in [5, 5.41) is 1.07.